The molecule has 1 N–H and O–H groups in total. The first-order valence-electron chi connectivity index (χ1n) is 6.87. The van der Waals surface area contributed by atoms with Gasteiger partial charge in [-0.1, -0.05) is 12.1 Å². The van der Waals surface area contributed by atoms with E-state index in [1.165, 1.54) is 10.5 Å². The number of carbonyl (C=O) groups is 1. The number of carbonyl (C=O) groups excluding carboxylic acids is 1. The number of nitrogens with one attached hydrogen (secondary N) is 1. The summed E-state index contributed by atoms with van der Waals surface area (Å²) < 4.78 is 5.38. The molecule has 1 aliphatic rings. The minimum absolute atomic E-state index is 0.149. The van der Waals surface area contributed by atoms with E-state index in [-0.39, 0.29) is 11.9 Å². The summed E-state index contributed by atoms with van der Waals surface area (Å²) in [5, 5.41) is 3.31. The maximum Gasteiger partial charge on any atom is 0.224 e. The van der Waals surface area contributed by atoms with Crippen molar-refractivity contribution in [3.05, 3.63) is 29.8 Å². The molecule has 0 saturated carbocycles. The molecule has 0 aliphatic carbocycles. The lowest BCUT2D eigenvalue weighted by molar-refractivity contribution is -0.131. The monoisotopic (exact) mass is 294 g/mol. The first-order valence-corrected chi connectivity index (χ1v) is 8.09. The highest BCUT2D eigenvalue weighted by molar-refractivity contribution is 7.98. The molecule has 1 aromatic rings. The molecule has 1 aliphatic heterocycles. The van der Waals surface area contributed by atoms with Crippen LogP contribution in [0.4, 0.5) is 0 Å². The Labute approximate surface area is 124 Å². The highest BCUT2D eigenvalue weighted by atomic mass is 32.2. The Morgan fingerprint density at radius 3 is 3.10 bits per heavy atom. The molecule has 4 nitrogen and oxygen atoms in total. The average Bonchev–Trinajstić information content (AvgIpc) is 2.48. The Morgan fingerprint density at radius 2 is 2.40 bits per heavy atom. The number of hydrogen-bond donors (Lipinski definition) is 1. The summed E-state index contributed by atoms with van der Waals surface area (Å²) in [6, 6.07) is 8.47. The lowest BCUT2D eigenvalue weighted by Gasteiger charge is -2.25. The topological polar surface area (TPSA) is 41.6 Å². The van der Waals surface area contributed by atoms with Crippen molar-refractivity contribution < 1.29 is 9.53 Å². The SMILES string of the molecule is CSc1cccc(CN(C)C(=O)C[C@H]2COCCN2)c1. The van der Waals surface area contributed by atoms with Gasteiger partial charge in [0.25, 0.3) is 0 Å². The van der Waals surface area contributed by atoms with Gasteiger partial charge in [0.2, 0.25) is 5.91 Å². The van der Waals surface area contributed by atoms with Crippen LogP contribution in [-0.4, -0.2) is 49.9 Å². The summed E-state index contributed by atoms with van der Waals surface area (Å²) in [6.07, 6.45) is 2.56. The molecule has 2 rings (SSSR count). The lowest BCUT2D eigenvalue weighted by Crippen LogP contribution is -2.44. The smallest absolute Gasteiger partial charge is 0.224 e. The van der Waals surface area contributed by atoms with Gasteiger partial charge in [-0.2, -0.15) is 0 Å². The van der Waals surface area contributed by atoms with Gasteiger partial charge in [-0.25, -0.2) is 0 Å². The predicted octanol–water partition coefficient (Wildman–Crippen LogP) is 1.75. The van der Waals surface area contributed by atoms with Gasteiger partial charge in [0.1, 0.15) is 0 Å². The van der Waals surface area contributed by atoms with E-state index >= 15 is 0 Å². The molecule has 0 spiro atoms. The largest absolute Gasteiger partial charge is 0.378 e. The fraction of sp³-hybridized carbons (Fsp3) is 0.533. The van der Waals surface area contributed by atoms with Gasteiger partial charge in [0.05, 0.1) is 13.2 Å². The highest BCUT2D eigenvalue weighted by Crippen LogP contribution is 2.17. The summed E-state index contributed by atoms with van der Waals surface area (Å²) in [6.45, 7) is 2.85. The van der Waals surface area contributed by atoms with E-state index in [4.69, 9.17) is 4.74 Å². The first kappa shape index (κ1) is 15.4. The molecule has 110 valence electrons. The quantitative estimate of drug-likeness (QED) is 0.840. The molecule has 1 saturated heterocycles. The molecule has 0 aromatic heterocycles. The zero-order valence-corrected chi connectivity index (χ0v) is 12.9. The Morgan fingerprint density at radius 1 is 1.55 bits per heavy atom. The van der Waals surface area contributed by atoms with E-state index in [0.717, 1.165) is 13.2 Å². The number of thioether (sulfide) groups is 1. The maximum absolute atomic E-state index is 12.2. The van der Waals surface area contributed by atoms with Crippen LogP contribution in [0.2, 0.25) is 0 Å². The standard InChI is InChI=1S/C15H22N2O2S/c1-17(10-12-4-3-5-14(8-12)20-2)15(18)9-13-11-19-7-6-16-13/h3-5,8,13,16H,6-7,9-11H2,1-2H3/t13-/m0/s1. The van der Waals surface area contributed by atoms with Crippen LogP contribution in [-0.2, 0) is 16.1 Å². The second-order valence-electron chi connectivity index (χ2n) is 5.03. The summed E-state index contributed by atoms with van der Waals surface area (Å²) in [7, 11) is 1.86. The summed E-state index contributed by atoms with van der Waals surface area (Å²) in [5.41, 5.74) is 1.17. The molecule has 20 heavy (non-hydrogen) atoms. The minimum Gasteiger partial charge on any atom is -0.378 e. The molecule has 1 fully saturated rings. The van der Waals surface area contributed by atoms with Crippen LogP contribution in [0.3, 0.4) is 0 Å². The van der Waals surface area contributed by atoms with Crippen LogP contribution in [0, 0.1) is 0 Å². The van der Waals surface area contributed by atoms with E-state index in [1.54, 1.807) is 16.7 Å². The Hall–Kier alpha value is -1.04. The van der Waals surface area contributed by atoms with Gasteiger partial charge < -0.3 is 15.0 Å². The van der Waals surface area contributed by atoms with Crippen molar-refractivity contribution >= 4 is 17.7 Å². The molecular weight excluding hydrogens is 272 g/mol. The third kappa shape index (κ3) is 4.51. The number of nitrogens with zero attached hydrogens (tertiary/aromatic N) is 1. The van der Waals surface area contributed by atoms with Crippen molar-refractivity contribution in [1.29, 1.82) is 0 Å². The van der Waals surface area contributed by atoms with Crippen molar-refractivity contribution in [3.63, 3.8) is 0 Å². The van der Waals surface area contributed by atoms with E-state index < -0.39 is 0 Å². The number of hydrogen-bond acceptors (Lipinski definition) is 4. The normalized spacial score (nSPS) is 18.8. The van der Waals surface area contributed by atoms with Crippen LogP contribution >= 0.6 is 11.8 Å². The average molecular weight is 294 g/mol. The van der Waals surface area contributed by atoms with Gasteiger partial charge in [-0.15, -0.1) is 11.8 Å². The molecule has 1 atom stereocenters. The van der Waals surface area contributed by atoms with Crippen molar-refractivity contribution in [2.45, 2.75) is 23.9 Å². The Bertz CT molecular complexity index is 447. The van der Waals surface area contributed by atoms with Gasteiger partial charge in [-0.3, -0.25) is 4.79 Å². The lowest BCUT2D eigenvalue weighted by atomic mass is 10.1. The van der Waals surface area contributed by atoms with E-state index in [1.807, 2.05) is 13.1 Å². The number of morpholine rings is 1. The summed E-state index contributed by atoms with van der Waals surface area (Å²) >= 11 is 1.72. The highest BCUT2D eigenvalue weighted by Gasteiger charge is 2.19. The third-order valence-corrected chi connectivity index (χ3v) is 4.12. The van der Waals surface area contributed by atoms with Crippen molar-refractivity contribution in [3.8, 4) is 0 Å². The van der Waals surface area contributed by atoms with Crippen molar-refractivity contribution in [2.75, 3.05) is 33.1 Å². The molecule has 0 bridgehead atoms. The molecule has 0 radical (unpaired) electrons. The molecular formula is C15H22N2O2S. The zero-order chi connectivity index (χ0) is 14.4. The van der Waals surface area contributed by atoms with Crippen molar-refractivity contribution in [2.24, 2.45) is 0 Å². The Balaban J connectivity index is 1.86. The van der Waals surface area contributed by atoms with Crippen molar-refractivity contribution in [1.82, 2.24) is 10.2 Å². The number of rotatable bonds is 5. The molecule has 1 amide bonds. The fourth-order valence-electron chi connectivity index (χ4n) is 2.25. The third-order valence-electron chi connectivity index (χ3n) is 3.40. The molecule has 1 aromatic carbocycles. The fourth-order valence-corrected chi connectivity index (χ4v) is 2.73. The number of benzene rings is 1. The van der Waals surface area contributed by atoms with E-state index in [9.17, 15) is 4.79 Å². The van der Waals surface area contributed by atoms with E-state index in [2.05, 4.69) is 29.8 Å². The van der Waals surface area contributed by atoms with Crippen LogP contribution in [0.15, 0.2) is 29.2 Å². The van der Waals surface area contributed by atoms with Gasteiger partial charge in [-0.05, 0) is 24.0 Å². The first-order chi connectivity index (χ1) is 9.69. The van der Waals surface area contributed by atoms with E-state index in [0.29, 0.717) is 19.6 Å². The maximum atomic E-state index is 12.2. The minimum atomic E-state index is 0.149. The Kier molecular flexibility index (Phi) is 5.88. The zero-order valence-electron chi connectivity index (χ0n) is 12.1. The predicted molar refractivity (Wildman–Crippen MR) is 81.9 cm³/mol. The number of ether oxygens (including phenoxy) is 1. The molecule has 0 unspecified atom stereocenters. The summed E-state index contributed by atoms with van der Waals surface area (Å²) in [4.78, 5) is 15.2. The van der Waals surface area contributed by atoms with Crippen LogP contribution < -0.4 is 5.32 Å². The molecule has 5 heteroatoms. The molecule has 1 heterocycles. The second-order valence-corrected chi connectivity index (χ2v) is 5.91. The van der Waals surface area contributed by atoms with Crippen LogP contribution in [0.25, 0.3) is 0 Å². The van der Waals surface area contributed by atoms with Crippen LogP contribution in [0.1, 0.15) is 12.0 Å². The second kappa shape index (κ2) is 7.67. The summed E-state index contributed by atoms with van der Waals surface area (Å²) in [5.74, 6) is 0.155. The van der Waals surface area contributed by atoms with Gasteiger partial charge in [0.15, 0.2) is 0 Å². The number of amides is 1. The van der Waals surface area contributed by atoms with Gasteiger partial charge >= 0.3 is 0 Å². The van der Waals surface area contributed by atoms with Crippen LogP contribution in [0.5, 0.6) is 0 Å². The van der Waals surface area contributed by atoms with Gasteiger partial charge in [0, 0.05) is 37.5 Å².